The van der Waals surface area contributed by atoms with E-state index >= 15 is 0 Å². The van der Waals surface area contributed by atoms with E-state index in [1.165, 1.54) is 12.8 Å². The number of esters is 2. The van der Waals surface area contributed by atoms with Gasteiger partial charge in [-0.3, -0.25) is 9.59 Å². The van der Waals surface area contributed by atoms with Gasteiger partial charge in [-0.15, -0.1) is 0 Å². The number of nitrogens with zero attached hydrogens (tertiary/aromatic N) is 1. The van der Waals surface area contributed by atoms with Gasteiger partial charge in [0.1, 0.15) is 12.6 Å². The standard InChI is InChI=1S/C39H65NO7/c1-6-8-10-12-14-16-18-20-21-23-25-27-29-37(41)46-34-35(33-45-32-31-36(39(43)44)40(3,4)5)47-38(42)30-28-26-24-22-19-17-15-13-11-9-7-2/h8,10,13-17,19-21,35-36H,6-7,9,11-12,18,22-34H2,1-5H3/b10-8+,15-13+,16-14+,19-17+,21-20+. The number of aliphatic carboxylic acids is 1. The molecule has 2 atom stereocenters. The van der Waals surface area contributed by atoms with Crippen LogP contribution < -0.4 is 5.11 Å². The summed E-state index contributed by atoms with van der Waals surface area (Å²) in [6.07, 6.45) is 34.0. The van der Waals surface area contributed by atoms with Crippen LogP contribution in [0.1, 0.15) is 117 Å². The molecule has 2 unspecified atom stereocenters. The van der Waals surface area contributed by atoms with Crippen molar-refractivity contribution < 1.29 is 38.2 Å². The number of carboxylic acid groups (broad SMARTS) is 1. The smallest absolute Gasteiger partial charge is 0.306 e. The quantitative estimate of drug-likeness (QED) is 0.0261. The van der Waals surface area contributed by atoms with Gasteiger partial charge >= 0.3 is 11.9 Å². The van der Waals surface area contributed by atoms with E-state index in [1.807, 2.05) is 0 Å². The highest BCUT2D eigenvalue weighted by Gasteiger charge is 2.25. The van der Waals surface area contributed by atoms with Crippen molar-refractivity contribution in [3.05, 3.63) is 60.8 Å². The van der Waals surface area contributed by atoms with E-state index in [1.54, 1.807) is 21.1 Å². The zero-order chi connectivity index (χ0) is 35.0. The first-order valence-corrected chi connectivity index (χ1v) is 17.8. The lowest BCUT2D eigenvalue weighted by Gasteiger charge is -2.34. The number of carboxylic acids is 1. The van der Waals surface area contributed by atoms with Gasteiger partial charge in [-0.05, 0) is 64.2 Å². The molecule has 0 amide bonds. The first kappa shape index (κ1) is 44.0. The molecule has 0 spiro atoms. The van der Waals surface area contributed by atoms with E-state index < -0.39 is 18.1 Å². The Bertz CT molecular complexity index is 959. The van der Waals surface area contributed by atoms with Crippen molar-refractivity contribution in [1.29, 1.82) is 0 Å². The Morgan fingerprint density at radius 2 is 1.26 bits per heavy atom. The third kappa shape index (κ3) is 28.9. The van der Waals surface area contributed by atoms with Crippen molar-refractivity contribution in [1.82, 2.24) is 0 Å². The Hall–Kier alpha value is -2.97. The SMILES string of the molecule is CC/C=C/C/C=C/C/C=C/CCCCC(=O)OCC(COCCC(C(=O)[O-])[N+](C)(C)C)OC(=O)CCCCC/C=C/C=C/CCCC. The number of unbranched alkanes of at least 4 members (excludes halogenated alkanes) is 7. The summed E-state index contributed by atoms with van der Waals surface area (Å²) >= 11 is 0. The summed E-state index contributed by atoms with van der Waals surface area (Å²) in [6, 6.07) is -0.736. The maximum atomic E-state index is 12.6. The molecule has 0 aliphatic heterocycles. The van der Waals surface area contributed by atoms with Crippen molar-refractivity contribution in [2.45, 2.75) is 129 Å². The average Bonchev–Trinajstić information content (AvgIpc) is 3.01. The number of allylic oxidation sites excluding steroid dienone is 10. The highest BCUT2D eigenvalue weighted by atomic mass is 16.6. The van der Waals surface area contributed by atoms with Crippen LogP contribution >= 0.6 is 0 Å². The number of hydrogen-bond donors (Lipinski definition) is 0. The fourth-order valence-electron chi connectivity index (χ4n) is 4.59. The first-order valence-electron chi connectivity index (χ1n) is 17.8. The molecule has 0 aromatic rings. The second kappa shape index (κ2) is 30.4. The Morgan fingerprint density at radius 3 is 1.89 bits per heavy atom. The Labute approximate surface area is 286 Å². The van der Waals surface area contributed by atoms with Crippen LogP contribution in [0.15, 0.2) is 60.8 Å². The van der Waals surface area contributed by atoms with Crippen molar-refractivity contribution in [2.75, 3.05) is 41.0 Å². The largest absolute Gasteiger partial charge is 0.544 e. The summed E-state index contributed by atoms with van der Waals surface area (Å²) < 4.78 is 17.0. The Kier molecular flexibility index (Phi) is 28.4. The van der Waals surface area contributed by atoms with E-state index in [-0.39, 0.29) is 49.1 Å². The molecule has 0 saturated carbocycles. The number of carbonyl (C=O) groups is 3. The molecular weight excluding hydrogens is 594 g/mol. The van der Waals surface area contributed by atoms with Crippen LogP contribution in [-0.4, -0.2) is 75.5 Å². The summed E-state index contributed by atoms with van der Waals surface area (Å²) in [6.45, 7) is 4.38. The number of quaternary nitrogens is 1. The van der Waals surface area contributed by atoms with Gasteiger partial charge in [0, 0.05) is 19.3 Å². The number of likely N-dealkylation sites (N-methyl/N-ethyl adjacent to an activating group) is 1. The monoisotopic (exact) mass is 659 g/mol. The van der Waals surface area contributed by atoms with E-state index in [0.717, 1.165) is 57.8 Å². The average molecular weight is 660 g/mol. The molecule has 0 rings (SSSR count). The third-order valence-electron chi connectivity index (χ3n) is 7.42. The number of hydrogen-bond acceptors (Lipinski definition) is 7. The normalized spacial score (nSPS) is 13.8. The molecule has 0 aromatic carbocycles. The maximum Gasteiger partial charge on any atom is 0.306 e. The minimum atomic E-state index is -1.14. The topological polar surface area (TPSA) is 102 Å². The molecule has 0 fully saturated rings. The predicted octanol–water partition coefficient (Wildman–Crippen LogP) is 7.35. The van der Waals surface area contributed by atoms with Gasteiger partial charge in [0.25, 0.3) is 0 Å². The van der Waals surface area contributed by atoms with Crippen LogP contribution in [0.25, 0.3) is 0 Å². The lowest BCUT2D eigenvalue weighted by molar-refractivity contribution is -0.889. The van der Waals surface area contributed by atoms with Gasteiger partial charge in [0.15, 0.2) is 6.10 Å². The molecule has 47 heavy (non-hydrogen) atoms. The summed E-state index contributed by atoms with van der Waals surface area (Å²) in [5, 5.41) is 11.5. The summed E-state index contributed by atoms with van der Waals surface area (Å²) in [4.78, 5) is 36.5. The van der Waals surface area contributed by atoms with Crippen molar-refractivity contribution in [2.24, 2.45) is 0 Å². The maximum absolute atomic E-state index is 12.6. The molecule has 0 aliphatic carbocycles. The molecule has 8 heteroatoms. The van der Waals surface area contributed by atoms with E-state index in [4.69, 9.17) is 14.2 Å². The van der Waals surface area contributed by atoms with Gasteiger partial charge in [-0.25, -0.2) is 0 Å². The number of carbonyl (C=O) groups excluding carboxylic acids is 3. The molecule has 0 saturated heterocycles. The van der Waals surface area contributed by atoms with Gasteiger partial charge in [0.2, 0.25) is 0 Å². The van der Waals surface area contributed by atoms with Crippen molar-refractivity contribution in [3.63, 3.8) is 0 Å². The lowest BCUT2D eigenvalue weighted by Crippen LogP contribution is -2.55. The molecule has 268 valence electrons. The van der Waals surface area contributed by atoms with Gasteiger partial charge < -0.3 is 28.6 Å². The van der Waals surface area contributed by atoms with Crippen LogP contribution in [0.3, 0.4) is 0 Å². The van der Waals surface area contributed by atoms with Crippen LogP contribution in [0, 0.1) is 0 Å². The molecule has 0 N–H and O–H groups in total. The fourth-order valence-corrected chi connectivity index (χ4v) is 4.59. The fraction of sp³-hybridized carbons (Fsp3) is 0.667. The summed E-state index contributed by atoms with van der Waals surface area (Å²) in [5.41, 5.74) is 0. The van der Waals surface area contributed by atoms with Gasteiger partial charge in [-0.1, -0.05) is 93.9 Å². The van der Waals surface area contributed by atoms with E-state index in [0.29, 0.717) is 19.3 Å². The zero-order valence-corrected chi connectivity index (χ0v) is 30.2. The molecule has 0 aromatic heterocycles. The molecule has 0 heterocycles. The second-order valence-corrected chi connectivity index (χ2v) is 12.7. The van der Waals surface area contributed by atoms with Gasteiger partial charge in [-0.2, -0.15) is 0 Å². The van der Waals surface area contributed by atoms with Crippen molar-refractivity contribution >= 4 is 17.9 Å². The molecule has 8 nitrogen and oxygen atoms in total. The molecule has 0 aliphatic rings. The highest BCUT2D eigenvalue weighted by Crippen LogP contribution is 2.10. The van der Waals surface area contributed by atoms with Crippen LogP contribution in [0.4, 0.5) is 0 Å². The zero-order valence-electron chi connectivity index (χ0n) is 30.2. The van der Waals surface area contributed by atoms with Crippen LogP contribution in [-0.2, 0) is 28.6 Å². The van der Waals surface area contributed by atoms with E-state index in [2.05, 4.69) is 74.6 Å². The Balaban J connectivity index is 4.58. The highest BCUT2D eigenvalue weighted by molar-refractivity contribution is 5.70. The molecule has 0 bridgehead atoms. The number of rotatable bonds is 30. The minimum absolute atomic E-state index is 0.0145. The van der Waals surface area contributed by atoms with Gasteiger partial charge in [0.05, 0.1) is 40.3 Å². The summed E-state index contributed by atoms with van der Waals surface area (Å²) in [5.74, 6) is -1.84. The lowest BCUT2D eigenvalue weighted by atomic mass is 10.1. The molecule has 0 radical (unpaired) electrons. The second-order valence-electron chi connectivity index (χ2n) is 12.7. The van der Waals surface area contributed by atoms with E-state index in [9.17, 15) is 19.5 Å². The first-order chi connectivity index (χ1) is 22.6. The predicted molar refractivity (Wildman–Crippen MR) is 189 cm³/mol. The third-order valence-corrected chi connectivity index (χ3v) is 7.42. The Morgan fingerprint density at radius 1 is 0.681 bits per heavy atom. The molecular formula is C39H65NO7. The minimum Gasteiger partial charge on any atom is -0.544 e. The van der Waals surface area contributed by atoms with Crippen LogP contribution in [0.2, 0.25) is 0 Å². The van der Waals surface area contributed by atoms with Crippen LogP contribution in [0.5, 0.6) is 0 Å². The number of ether oxygens (including phenoxy) is 3. The summed E-state index contributed by atoms with van der Waals surface area (Å²) in [7, 11) is 5.36. The van der Waals surface area contributed by atoms with Crippen molar-refractivity contribution in [3.8, 4) is 0 Å².